The van der Waals surface area contributed by atoms with Gasteiger partial charge in [-0.2, -0.15) is 0 Å². The van der Waals surface area contributed by atoms with E-state index in [2.05, 4.69) is 15.2 Å². The first kappa shape index (κ1) is 27.9. The lowest BCUT2D eigenvalue weighted by Crippen LogP contribution is -2.50. The highest BCUT2D eigenvalue weighted by atomic mass is 16.5. The van der Waals surface area contributed by atoms with Crippen LogP contribution >= 0.6 is 0 Å². The third kappa shape index (κ3) is 6.04. The fourth-order valence-electron chi connectivity index (χ4n) is 7.51. The lowest BCUT2D eigenvalue weighted by Gasteiger charge is -2.45. The predicted octanol–water partition coefficient (Wildman–Crippen LogP) is 5.19. The second-order valence-electron chi connectivity index (χ2n) is 12.1. The van der Waals surface area contributed by atoms with Gasteiger partial charge < -0.3 is 19.7 Å². The molecule has 8 nitrogen and oxygen atoms in total. The largest absolute Gasteiger partial charge is 0.459 e. The summed E-state index contributed by atoms with van der Waals surface area (Å²) in [5, 5.41) is 13.0. The Morgan fingerprint density at radius 1 is 0.878 bits per heavy atom. The SMILES string of the molecule is O=C(OCc1ccccc1)[C@H](CO)Nc1nc2ccccc2n(C2C[C@H]3CC[C@@H](C2)N3C2CCCCCCC2)c1=O. The van der Waals surface area contributed by atoms with E-state index in [1.54, 1.807) is 0 Å². The number of carbonyl (C=O) groups is 1. The van der Waals surface area contributed by atoms with Gasteiger partial charge >= 0.3 is 5.97 Å². The molecule has 2 aliphatic heterocycles. The van der Waals surface area contributed by atoms with Crippen molar-refractivity contribution in [2.75, 3.05) is 11.9 Å². The topological polar surface area (TPSA) is 96.7 Å². The van der Waals surface area contributed by atoms with Crippen molar-refractivity contribution >= 4 is 22.8 Å². The average Bonchev–Trinajstić information content (AvgIpc) is 3.23. The van der Waals surface area contributed by atoms with E-state index < -0.39 is 18.6 Å². The summed E-state index contributed by atoms with van der Waals surface area (Å²) >= 11 is 0. The van der Waals surface area contributed by atoms with E-state index in [-0.39, 0.29) is 24.0 Å². The van der Waals surface area contributed by atoms with Crippen molar-refractivity contribution in [2.45, 2.75) is 107 Å². The Morgan fingerprint density at radius 3 is 2.24 bits per heavy atom. The molecule has 8 heteroatoms. The molecular weight excluding hydrogens is 516 g/mol. The molecule has 3 fully saturated rings. The van der Waals surface area contributed by atoms with Crippen molar-refractivity contribution in [3.8, 4) is 0 Å². The zero-order chi connectivity index (χ0) is 28.2. The molecule has 218 valence electrons. The number of carbonyl (C=O) groups excluding carboxylic acids is 1. The van der Waals surface area contributed by atoms with Crippen LogP contribution in [0.3, 0.4) is 0 Å². The lowest BCUT2D eigenvalue weighted by atomic mass is 9.89. The van der Waals surface area contributed by atoms with Crippen molar-refractivity contribution in [3.05, 3.63) is 70.5 Å². The molecule has 2 aromatic carbocycles. The van der Waals surface area contributed by atoms with Crippen LogP contribution in [0.25, 0.3) is 11.0 Å². The summed E-state index contributed by atoms with van der Waals surface area (Å²) < 4.78 is 7.36. The molecule has 2 saturated heterocycles. The van der Waals surface area contributed by atoms with Crippen molar-refractivity contribution in [1.82, 2.24) is 14.5 Å². The molecule has 3 heterocycles. The zero-order valence-corrected chi connectivity index (χ0v) is 23.8. The molecule has 2 N–H and O–H groups in total. The molecule has 6 rings (SSSR count). The van der Waals surface area contributed by atoms with E-state index >= 15 is 0 Å². The number of esters is 1. The van der Waals surface area contributed by atoms with Crippen molar-refractivity contribution in [2.24, 2.45) is 0 Å². The van der Waals surface area contributed by atoms with Gasteiger partial charge in [-0.3, -0.25) is 9.69 Å². The molecule has 41 heavy (non-hydrogen) atoms. The Kier molecular flexibility index (Phi) is 8.67. The van der Waals surface area contributed by atoms with Gasteiger partial charge in [-0.15, -0.1) is 0 Å². The lowest BCUT2D eigenvalue weighted by molar-refractivity contribution is -0.146. The Balaban J connectivity index is 1.24. The molecule has 3 aromatic rings. The fraction of sp³-hybridized carbons (Fsp3) is 0.545. The van der Waals surface area contributed by atoms with E-state index in [0.717, 1.165) is 23.9 Å². The minimum atomic E-state index is -1.09. The minimum absolute atomic E-state index is 0.0656. The Bertz CT molecular complexity index is 1370. The second kappa shape index (κ2) is 12.7. The molecule has 1 saturated carbocycles. The summed E-state index contributed by atoms with van der Waals surface area (Å²) in [6.45, 7) is -0.416. The van der Waals surface area contributed by atoms with Gasteiger partial charge in [-0.25, -0.2) is 9.78 Å². The van der Waals surface area contributed by atoms with Crippen LogP contribution in [0.4, 0.5) is 5.82 Å². The number of nitrogens with one attached hydrogen (secondary N) is 1. The highest BCUT2D eigenvalue weighted by Gasteiger charge is 2.44. The number of ether oxygens (including phenoxy) is 1. The number of fused-ring (bicyclic) bond motifs is 3. The summed E-state index contributed by atoms with van der Waals surface area (Å²) in [4.78, 5) is 34.3. The van der Waals surface area contributed by atoms with Crippen molar-refractivity contribution in [1.29, 1.82) is 0 Å². The number of benzene rings is 2. The fourth-order valence-corrected chi connectivity index (χ4v) is 7.51. The monoisotopic (exact) mass is 558 g/mol. The number of nitrogens with zero attached hydrogens (tertiary/aromatic N) is 3. The number of aromatic nitrogens is 2. The smallest absolute Gasteiger partial charge is 0.331 e. The first-order valence-electron chi connectivity index (χ1n) is 15.5. The average molecular weight is 559 g/mol. The zero-order valence-electron chi connectivity index (χ0n) is 23.8. The summed E-state index contributed by atoms with van der Waals surface area (Å²) in [6.07, 6.45) is 13.6. The number of piperidine rings is 1. The summed E-state index contributed by atoms with van der Waals surface area (Å²) in [6, 6.07) is 17.7. The predicted molar refractivity (Wildman–Crippen MR) is 160 cm³/mol. The van der Waals surface area contributed by atoms with Crippen LogP contribution in [0.2, 0.25) is 0 Å². The van der Waals surface area contributed by atoms with Gasteiger partial charge in [0.2, 0.25) is 0 Å². The van der Waals surface area contributed by atoms with Crippen LogP contribution in [0.5, 0.6) is 0 Å². The van der Waals surface area contributed by atoms with E-state index in [9.17, 15) is 14.7 Å². The van der Waals surface area contributed by atoms with Crippen LogP contribution < -0.4 is 10.9 Å². The van der Waals surface area contributed by atoms with E-state index in [1.165, 1.54) is 57.8 Å². The molecule has 0 radical (unpaired) electrons. The number of hydrogen-bond acceptors (Lipinski definition) is 7. The summed E-state index contributed by atoms with van der Waals surface area (Å²) in [5.41, 5.74) is 2.11. The maximum Gasteiger partial charge on any atom is 0.331 e. The summed E-state index contributed by atoms with van der Waals surface area (Å²) in [5.74, 6) is -0.544. The maximum atomic E-state index is 14.0. The number of rotatable bonds is 8. The first-order valence-corrected chi connectivity index (χ1v) is 15.5. The maximum absolute atomic E-state index is 14.0. The third-order valence-electron chi connectivity index (χ3n) is 9.42. The molecule has 0 amide bonds. The molecular formula is C33H42N4O4. The number of anilines is 1. The molecule has 1 aliphatic carbocycles. The van der Waals surface area contributed by atoms with Gasteiger partial charge in [0.05, 0.1) is 17.6 Å². The van der Waals surface area contributed by atoms with Crippen molar-refractivity contribution in [3.63, 3.8) is 0 Å². The summed E-state index contributed by atoms with van der Waals surface area (Å²) in [7, 11) is 0. The standard InChI is InChI=1S/C33H42N4O4/c38-21-29(33(40)41-22-23-11-5-4-6-12-23)35-31-32(39)37(30-16-10-9-15-28(30)34-31)27-19-25-17-18-26(20-27)36(25)24-13-7-2-1-3-8-14-24/h4-6,9-12,15-16,24-27,29,38H,1-3,7-8,13-14,17-22H2,(H,34,35)/t25-,26+,27?,29-/m0/s1. The van der Waals surface area contributed by atoms with Gasteiger partial charge in [-0.1, -0.05) is 74.6 Å². The molecule has 1 aromatic heterocycles. The van der Waals surface area contributed by atoms with Gasteiger partial charge in [0.1, 0.15) is 12.6 Å². The number of aliphatic hydroxyl groups excluding tert-OH is 1. The molecule has 1 unspecified atom stereocenters. The normalized spacial score (nSPS) is 24.5. The van der Waals surface area contributed by atoms with Gasteiger partial charge in [0, 0.05) is 24.2 Å². The minimum Gasteiger partial charge on any atom is -0.459 e. The van der Waals surface area contributed by atoms with E-state index in [1.807, 2.05) is 59.2 Å². The quantitative estimate of drug-likeness (QED) is 0.367. The van der Waals surface area contributed by atoms with Gasteiger partial charge in [-0.05, 0) is 56.2 Å². The second-order valence-corrected chi connectivity index (χ2v) is 12.1. The molecule has 2 bridgehead atoms. The highest BCUT2D eigenvalue weighted by Crippen LogP contribution is 2.44. The molecule has 0 spiro atoms. The number of hydrogen-bond donors (Lipinski definition) is 2. The van der Waals surface area contributed by atoms with Crippen LogP contribution in [-0.2, 0) is 16.1 Å². The van der Waals surface area contributed by atoms with Crippen LogP contribution in [0.1, 0.15) is 82.2 Å². The van der Waals surface area contributed by atoms with E-state index in [4.69, 9.17) is 4.74 Å². The Labute approximate surface area is 241 Å². The molecule has 4 atom stereocenters. The third-order valence-corrected chi connectivity index (χ3v) is 9.42. The van der Waals surface area contributed by atoms with Crippen LogP contribution in [0, 0.1) is 0 Å². The highest BCUT2D eigenvalue weighted by molar-refractivity contribution is 5.80. The van der Waals surface area contributed by atoms with E-state index in [0.29, 0.717) is 23.6 Å². The van der Waals surface area contributed by atoms with Crippen molar-refractivity contribution < 1.29 is 14.6 Å². The Hall–Kier alpha value is -3.23. The van der Waals surface area contributed by atoms with Crippen LogP contribution in [-0.4, -0.2) is 56.3 Å². The number of para-hydroxylation sites is 2. The number of aliphatic hydroxyl groups is 1. The van der Waals surface area contributed by atoms with Gasteiger partial charge in [0.25, 0.3) is 5.56 Å². The van der Waals surface area contributed by atoms with Crippen LogP contribution in [0.15, 0.2) is 59.4 Å². The first-order chi connectivity index (χ1) is 20.1. The van der Waals surface area contributed by atoms with Gasteiger partial charge in [0.15, 0.2) is 5.82 Å². The Morgan fingerprint density at radius 2 is 1.54 bits per heavy atom. The molecule has 3 aliphatic rings.